The molecule has 0 bridgehead atoms. The highest BCUT2D eigenvalue weighted by Crippen LogP contribution is 2.11. The summed E-state index contributed by atoms with van der Waals surface area (Å²) in [6, 6.07) is 8.92. The molecule has 1 aromatic heterocycles. The summed E-state index contributed by atoms with van der Waals surface area (Å²) in [6.07, 6.45) is 3.15. The van der Waals surface area contributed by atoms with Gasteiger partial charge in [0, 0.05) is 6.20 Å². The van der Waals surface area contributed by atoms with E-state index >= 15 is 0 Å². The summed E-state index contributed by atoms with van der Waals surface area (Å²) in [5.74, 6) is -0.202. The number of amides is 1. The molecule has 0 spiro atoms. The average Bonchev–Trinajstić information content (AvgIpc) is 2.39. The molecule has 5 heteroatoms. The molecule has 0 saturated carbocycles. The van der Waals surface area contributed by atoms with E-state index in [-0.39, 0.29) is 18.3 Å². The van der Waals surface area contributed by atoms with Crippen molar-refractivity contribution in [2.24, 2.45) is 0 Å². The van der Waals surface area contributed by atoms with Gasteiger partial charge in [-0.25, -0.2) is 4.39 Å². The smallest absolute Gasteiger partial charge is 0.262 e. The van der Waals surface area contributed by atoms with Crippen molar-refractivity contribution in [1.82, 2.24) is 4.98 Å². The largest absolute Gasteiger partial charge is 0.484 e. The number of carbonyl (C=O) groups excluding carboxylic acids is 1. The van der Waals surface area contributed by atoms with E-state index in [0.717, 1.165) is 0 Å². The van der Waals surface area contributed by atoms with Crippen molar-refractivity contribution in [3.8, 4) is 5.75 Å². The molecule has 0 atom stereocenters. The van der Waals surface area contributed by atoms with Crippen LogP contribution in [0.15, 0.2) is 48.8 Å². The summed E-state index contributed by atoms with van der Waals surface area (Å²) in [6.45, 7) is -0.138. The van der Waals surface area contributed by atoms with Crippen LogP contribution in [-0.2, 0) is 4.79 Å². The highest BCUT2D eigenvalue weighted by Gasteiger charge is 2.03. The van der Waals surface area contributed by atoms with E-state index < -0.39 is 0 Å². The maximum absolute atomic E-state index is 12.6. The minimum Gasteiger partial charge on any atom is -0.484 e. The fourth-order valence-corrected chi connectivity index (χ4v) is 1.31. The first-order chi connectivity index (χ1) is 8.74. The van der Waals surface area contributed by atoms with Gasteiger partial charge in [-0.05, 0) is 36.4 Å². The summed E-state index contributed by atoms with van der Waals surface area (Å²) in [4.78, 5) is 15.4. The van der Waals surface area contributed by atoms with Crippen LogP contribution < -0.4 is 10.1 Å². The summed E-state index contributed by atoms with van der Waals surface area (Å²) >= 11 is 0. The third-order valence-electron chi connectivity index (χ3n) is 2.13. The van der Waals surface area contributed by atoms with Crippen LogP contribution in [0.25, 0.3) is 0 Å². The van der Waals surface area contributed by atoms with Crippen LogP contribution in [0, 0.1) is 5.82 Å². The normalized spacial score (nSPS) is 9.83. The lowest BCUT2D eigenvalue weighted by atomic mass is 10.3. The molecule has 0 radical (unpaired) electrons. The Hall–Kier alpha value is -2.43. The van der Waals surface area contributed by atoms with Crippen LogP contribution in [0.3, 0.4) is 0 Å². The number of nitrogens with one attached hydrogen (secondary N) is 1. The maximum Gasteiger partial charge on any atom is 0.262 e. The topological polar surface area (TPSA) is 51.2 Å². The fourth-order valence-electron chi connectivity index (χ4n) is 1.31. The third-order valence-corrected chi connectivity index (χ3v) is 2.13. The first kappa shape index (κ1) is 12.0. The molecule has 0 aliphatic carbocycles. The van der Waals surface area contributed by atoms with Crippen molar-refractivity contribution in [1.29, 1.82) is 0 Å². The van der Waals surface area contributed by atoms with Gasteiger partial charge in [-0.15, -0.1) is 0 Å². The third kappa shape index (κ3) is 3.55. The number of rotatable bonds is 4. The van der Waals surface area contributed by atoms with Gasteiger partial charge in [0.1, 0.15) is 11.6 Å². The number of aromatic nitrogens is 1. The second kappa shape index (κ2) is 5.77. The zero-order chi connectivity index (χ0) is 12.8. The van der Waals surface area contributed by atoms with Crippen molar-refractivity contribution in [2.45, 2.75) is 0 Å². The van der Waals surface area contributed by atoms with Gasteiger partial charge in [0.05, 0.1) is 11.9 Å². The van der Waals surface area contributed by atoms with Crippen molar-refractivity contribution in [3.05, 3.63) is 54.6 Å². The number of ether oxygens (including phenoxy) is 1. The molecule has 1 heterocycles. The first-order valence-electron chi connectivity index (χ1n) is 5.32. The number of hydrogen-bond donors (Lipinski definition) is 1. The minimum absolute atomic E-state index is 0.138. The zero-order valence-corrected chi connectivity index (χ0v) is 9.47. The van der Waals surface area contributed by atoms with Gasteiger partial charge in [-0.3, -0.25) is 9.78 Å². The van der Waals surface area contributed by atoms with Gasteiger partial charge in [0.2, 0.25) is 0 Å². The molecule has 1 N–H and O–H groups in total. The maximum atomic E-state index is 12.6. The Morgan fingerprint density at radius 1 is 1.28 bits per heavy atom. The fraction of sp³-hybridized carbons (Fsp3) is 0.0769. The number of anilines is 1. The van der Waals surface area contributed by atoms with Crippen LogP contribution in [0.1, 0.15) is 0 Å². The van der Waals surface area contributed by atoms with Gasteiger partial charge >= 0.3 is 0 Å². The van der Waals surface area contributed by atoms with Gasteiger partial charge in [0.25, 0.3) is 5.91 Å². The SMILES string of the molecule is O=C(COc1ccc(F)cc1)Nc1cccnc1. The molecule has 2 rings (SSSR count). The van der Waals surface area contributed by atoms with E-state index in [1.807, 2.05) is 0 Å². The number of benzene rings is 1. The number of pyridine rings is 1. The van der Waals surface area contributed by atoms with Gasteiger partial charge in [-0.1, -0.05) is 0 Å². The Morgan fingerprint density at radius 3 is 2.72 bits per heavy atom. The molecule has 0 aliphatic heterocycles. The average molecular weight is 246 g/mol. The predicted octanol–water partition coefficient (Wildman–Crippen LogP) is 2.24. The van der Waals surface area contributed by atoms with E-state index in [1.165, 1.54) is 30.5 Å². The second-order valence-corrected chi connectivity index (χ2v) is 3.53. The van der Waals surface area contributed by atoms with Crippen LogP contribution >= 0.6 is 0 Å². The molecule has 0 unspecified atom stereocenters. The molecule has 1 aromatic carbocycles. The number of nitrogens with zero attached hydrogens (tertiary/aromatic N) is 1. The second-order valence-electron chi connectivity index (χ2n) is 3.53. The number of hydrogen-bond acceptors (Lipinski definition) is 3. The van der Waals surface area contributed by atoms with Gasteiger partial charge < -0.3 is 10.1 Å². The molecule has 2 aromatic rings. The lowest BCUT2D eigenvalue weighted by molar-refractivity contribution is -0.118. The van der Waals surface area contributed by atoms with Crippen molar-refractivity contribution in [2.75, 3.05) is 11.9 Å². The standard InChI is InChI=1S/C13H11FN2O2/c14-10-3-5-12(6-4-10)18-9-13(17)16-11-2-1-7-15-8-11/h1-8H,9H2,(H,16,17). The van der Waals surface area contributed by atoms with Gasteiger partial charge in [0.15, 0.2) is 6.61 Å². The highest BCUT2D eigenvalue weighted by atomic mass is 19.1. The van der Waals surface area contributed by atoms with Crippen LogP contribution in [0.2, 0.25) is 0 Å². The lowest BCUT2D eigenvalue weighted by Gasteiger charge is -2.06. The van der Waals surface area contributed by atoms with Crippen molar-refractivity contribution in [3.63, 3.8) is 0 Å². The van der Waals surface area contributed by atoms with E-state index in [0.29, 0.717) is 11.4 Å². The molecule has 4 nitrogen and oxygen atoms in total. The van der Waals surface area contributed by atoms with Gasteiger partial charge in [-0.2, -0.15) is 0 Å². The summed E-state index contributed by atoms with van der Waals surface area (Å²) < 4.78 is 17.8. The van der Waals surface area contributed by atoms with Crippen LogP contribution in [0.5, 0.6) is 5.75 Å². The summed E-state index contributed by atoms with van der Waals surface area (Å²) in [5, 5.41) is 2.62. The molecular weight excluding hydrogens is 235 g/mol. The molecule has 0 saturated heterocycles. The molecule has 92 valence electrons. The Kier molecular flexibility index (Phi) is 3.86. The Morgan fingerprint density at radius 2 is 2.06 bits per heavy atom. The number of carbonyl (C=O) groups is 1. The van der Waals surface area contributed by atoms with Crippen LogP contribution in [0.4, 0.5) is 10.1 Å². The molecular formula is C13H11FN2O2. The van der Waals surface area contributed by atoms with E-state index in [2.05, 4.69) is 10.3 Å². The van der Waals surface area contributed by atoms with Crippen LogP contribution in [-0.4, -0.2) is 17.5 Å². The lowest BCUT2D eigenvalue weighted by Crippen LogP contribution is -2.20. The molecule has 0 fully saturated rings. The molecule has 0 aliphatic rings. The first-order valence-corrected chi connectivity index (χ1v) is 5.32. The minimum atomic E-state index is -0.345. The summed E-state index contributed by atoms with van der Waals surface area (Å²) in [7, 11) is 0. The highest BCUT2D eigenvalue weighted by molar-refractivity contribution is 5.91. The Balaban J connectivity index is 1.83. The van der Waals surface area contributed by atoms with E-state index in [4.69, 9.17) is 4.74 Å². The van der Waals surface area contributed by atoms with E-state index in [1.54, 1.807) is 18.3 Å². The monoisotopic (exact) mass is 246 g/mol. The summed E-state index contributed by atoms with van der Waals surface area (Å²) in [5.41, 5.74) is 0.602. The quantitative estimate of drug-likeness (QED) is 0.900. The van der Waals surface area contributed by atoms with Crippen molar-refractivity contribution < 1.29 is 13.9 Å². The number of halogens is 1. The molecule has 1 amide bonds. The Bertz CT molecular complexity index is 514. The van der Waals surface area contributed by atoms with Crippen molar-refractivity contribution >= 4 is 11.6 Å². The zero-order valence-electron chi connectivity index (χ0n) is 9.47. The van der Waals surface area contributed by atoms with E-state index in [9.17, 15) is 9.18 Å². The predicted molar refractivity (Wildman–Crippen MR) is 64.8 cm³/mol. The Labute approximate surface area is 103 Å². The molecule has 18 heavy (non-hydrogen) atoms.